The maximum absolute atomic E-state index is 12.3. The summed E-state index contributed by atoms with van der Waals surface area (Å²) in [5.74, 6) is 0.265. The Kier molecular flexibility index (Phi) is 3.84. The zero-order valence-corrected chi connectivity index (χ0v) is 12.4. The van der Waals surface area contributed by atoms with Crippen LogP contribution in [0.15, 0.2) is 49.1 Å². The molecule has 0 aliphatic rings. The van der Waals surface area contributed by atoms with Gasteiger partial charge in [-0.05, 0) is 36.8 Å². The number of hydrogen-bond donors (Lipinski definition) is 1. The molecule has 1 N–H and O–H groups in total. The summed E-state index contributed by atoms with van der Waals surface area (Å²) >= 11 is 6.05. The van der Waals surface area contributed by atoms with Crippen LogP contribution in [0, 0.1) is 6.92 Å². The molecule has 2 aromatic heterocycles. The number of carbonyl (C=O) groups excluding carboxylic acids is 1. The molecule has 0 radical (unpaired) electrons. The summed E-state index contributed by atoms with van der Waals surface area (Å²) in [6, 6.07) is 10.5. The van der Waals surface area contributed by atoms with Gasteiger partial charge >= 0.3 is 0 Å². The van der Waals surface area contributed by atoms with Crippen molar-refractivity contribution in [3.63, 3.8) is 0 Å². The van der Waals surface area contributed by atoms with E-state index in [0.717, 1.165) is 5.56 Å². The average molecular weight is 314 g/mol. The number of nitrogens with zero attached hydrogens (tertiary/aromatic N) is 4. The van der Waals surface area contributed by atoms with Crippen molar-refractivity contribution in [1.82, 2.24) is 19.7 Å². The highest BCUT2D eigenvalue weighted by Crippen LogP contribution is 2.23. The molecule has 0 aliphatic heterocycles. The lowest BCUT2D eigenvalue weighted by molar-refractivity contribution is 0.102. The number of amides is 1. The second-order valence-corrected chi connectivity index (χ2v) is 5.02. The normalized spacial score (nSPS) is 10.5. The second-order valence-electron chi connectivity index (χ2n) is 4.62. The van der Waals surface area contributed by atoms with Crippen LogP contribution in [0.5, 0.6) is 0 Å². The first-order valence-electron chi connectivity index (χ1n) is 6.53. The van der Waals surface area contributed by atoms with Crippen LogP contribution >= 0.6 is 11.6 Å². The molecule has 3 rings (SSSR count). The largest absolute Gasteiger partial charge is 0.320 e. The Hall–Kier alpha value is -2.73. The number of halogens is 1. The van der Waals surface area contributed by atoms with E-state index in [-0.39, 0.29) is 5.91 Å². The van der Waals surface area contributed by atoms with E-state index in [0.29, 0.717) is 22.2 Å². The Bertz CT molecular complexity index is 817. The van der Waals surface area contributed by atoms with Gasteiger partial charge in [-0.3, -0.25) is 9.36 Å². The van der Waals surface area contributed by atoms with E-state index < -0.39 is 0 Å². The molecule has 22 heavy (non-hydrogen) atoms. The fraction of sp³-hybridized carbons (Fsp3) is 0.0667. The zero-order valence-electron chi connectivity index (χ0n) is 11.7. The van der Waals surface area contributed by atoms with Crippen LogP contribution in [-0.2, 0) is 0 Å². The summed E-state index contributed by atoms with van der Waals surface area (Å²) in [7, 11) is 0. The smallest absolute Gasteiger partial charge is 0.274 e. The van der Waals surface area contributed by atoms with Gasteiger partial charge in [-0.1, -0.05) is 23.7 Å². The van der Waals surface area contributed by atoms with Crippen molar-refractivity contribution in [2.75, 3.05) is 5.32 Å². The number of nitrogens with one attached hydrogen (secondary N) is 1. The molecular weight excluding hydrogens is 302 g/mol. The Balaban J connectivity index is 1.87. The van der Waals surface area contributed by atoms with E-state index >= 15 is 0 Å². The lowest BCUT2D eigenvalue weighted by Crippen LogP contribution is -2.15. The van der Waals surface area contributed by atoms with E-state index in [9.17, 15) is 4.79 Å². The van der Waals surface area contributed by atoms with Gasteiger partial charge in [-0.15, -0.1) is 10.2 Å². The van der Waals surface area contributed by atoms with Crippen LogP contribution in [0.3, 0.4) is 0 Å². The van der Waals surface area contributed by atoms with E-state index in [1.54, 1.807) is 41.0 Å². The van der Waals surface area contributed by atoms with Gasteiger partial charge in [0.2, 0.25) is 0 Å². The molecule has 0 aliphatic carbocycles. The lowest BCUT2D eigenvalue weighted by Gasteiger charge is -2.09. The highest BCUT2D eigenvalue weighted by molar-refractivity contribution is 6.31. The van der Waals surface area contributed by atoms with Gasteiger partial charge < -0.3 is 5.32 Å². The monoisotopic (exact) mass is 313 g/mol. The number of hydrogen-bond acceptors (Lipinski definition) is 4. The molecule has 6 nitrogen and oxygen atoms in total. The molecule has 2 heterocycles. The molecule has 0 saturated carbocycles. The van der Waals surface area contributed by atoms with E-state index in [4.69, 9.17) is 11.6 Å². The Morgan fingerprint density at radius 1 is 1.14 bits per heavy atom. The van der Waals surface area contributed by atoms with E-state index in [2.05, 4.69) is 20.5 Å². The highest BCUT2D eigenvalue weighted by atomic mass is 35.5. The summed E-state index contributed by atoms with van der Waals surface area (Å²) in [6.45, 7) is 1.85. The molecule has 0 bridgehead atoms. The van der Waals surface area contributed by atoms with Crippen LogP contribution in [-0.4, -0.2) is 25.7 Å². The average Bonchev–Trinajstić information content (AvgIpc) is 3.06. The first-order valence-corrected chi connectivity index (χ1v) is 6.91. The van der Waals surface area contributed by atoms with Gasteiger partial charge in [0.25, 0.3) is 5.91 Å². The predicted molar refractivity (Wildman–Crippen MR) is 83.3 cm³/mol. The maximum Gasteiger partial charge on any atom is 0.274 e. The van der Waals surface area contributed by atoms with Crippen LogP contribution < -0.4 is 5.32 Å². The van der Waals surface area contributed by atoms with Crippen LogP contribution in [0.25, 0.3) is 5.82 Å². The number of pyridine rings is 1. The zero-order chi connectivity index (χ0) is 15.5. The summed E-state index contributed by atoms with van der Waals surface area (Å²) in [4.78, 5) is 16.6. The molecule has 0 unspecified atom stereocenters. The third-order valence-corrected chi connectivity index (χ3v) is 3.58. The highest BCUT2D eigenvalue weighted by Gasteiger charge is 2.11. The molecule has 110 valence electrons. The maximum atomic E-state index is 12.3. The van der Waals surface area contributed by atoms with Crippen molar-refractivity contribution in [1.29, 1.82) is 0 Å². The quantitative estimate of drug-likeness (QED) is 0.807. The Labute approximate surface area is 131 Å². The second kappa shape index (κ2) is 5.95. The van der Waals surface area contributed by atoms with Crippen LogP contribution in [0.1, 0.15) is 16.1 Å². The van der Waals surface area contributed by atoms with Gasteiger partial charge in [-0.25, -0.2) is 4.98 Å². The first-order chi connectivity index (χ1) is 10.6. The Morgan fingerprint density at radius 2 is 1.86 bits per heavy atom. The van der Waals surface area contributed by atoms with Crippen molar-refractivity contribution < 1.29 is 4.79 Å². The standard InChI is InChI=1S/C15H12ClN5O/c1-10-11(16)4-2-5-12(10)20-15(22)13-6-3-7-14(19-13)21-8-17-18-9-21/h2-9H,1H3,(H,20,22). The third kappa shape index (κ3) is 2.82. The summed E-state index contributed by atoms with van der Waals surface area (Å²) in [6.07, 6.45) is 3.04. The van der Waals surface area contributed by atoms with Crippen molar-refractivity contribution in [2.24, 2.45) is 0 Å². The van der Waals surface area contributed by atoms with Gasteiger partial charge in [0.1, 0.15) is 24.2 Å². The molecule has 0 fully saturated rings. The van der Waals surface area contributed by atoms with Crippen LogP contribution in [0.2, 0.25) is 5.02 Å². The first kappa shape index (κ1) is 14.2. The molecule has 3 aromatic rings. The molecule has 0 saturated heterocycles. The van der Waals surface area contributed by atoms with Crippen molar-refractivity contribution in [3.8, 4) is 5.82 Å². The fourth-order valence-electron chi connectivity index (χ4n) is 1.94. The van der Waals surface area contributed by atoms with Gasteiger partial charge in [0, 0.05) is 10.7 Å². The topological polar surface area (TPSA) is 72.7 Å². The third-order valence-electron chi connectivity index (χ3n) is 3.17. The predicted octanol–water partition coefficient (Wildman–Crippen LogP) is 2.88. The van der Waals surface area contributed by atoms with Crippen molar-refractivity contribution in [2.45, 2.75) is 6.92 Å². The minimum absolute atomic E-state index is 0.297. The van der Waals surface area contributed by atoms with Gasteiger partial charge in [0.05, 0.1) is 0 Å². The summed E-state index contributed by atoms with van der Waals surface area (Å²) in [5, 5.41) is 10.9. The number of rotatable bonds is 3. The molecule has 1 amide bonds. The molecule has 7 heteroatoms. The molecule has 1 aromatic carbocycles. The van der Waals surface area contributed by atoms with Crippen LogP contribution in [0.4, 0.5) is 5.69 Å². The minimum atomic E-state index is -0.305. The minimum Gasteiger partial charge on any atom is -0.320 e. The van der Waals surface area contributed by atoms with E-state index in [1.165, 1.54) is 12.7 Å². The Morgan fingerprint density at radius 3 is 2.64 bits per heavy atom. The summed E-state index contributed by atoms with van der Waals surface area (Å²) < 4.78 is 1.63. The van der Waals surface area contributed by atoms with Gasteiger partial charge in [0.15, 0.2) is 0 Å². The lowest BCUT2D eigenvalue weighted by atomic mass is 10.2. The molecule has 0 atom stereocenters. The fourth-order valence-corrected chi connectivity index (χ4v) is 2.12. The van der Waals surface area contributed by atoms with Crippen molar-refractivity contribution >= 4 is 23.2 Å². The van der Waals surface area contributed by atoms with Crippen molar-refractivity contribution in [3.05, 3.63) is 65.3 Å². The summed E-state index contributed by atoms with van der Waals surface area (Å²) in [5.41, 5.74) is 1.77. The SMILES string of the molecule is Cc1c(Cl)cccc1NC(=O)c1cccc(-n2cnnc2)n1. The number of carbonyl (C=O) groups is 1. The number of benzene rings is 1. The number of aromatic nitrogens is 4. The van der Waals surface area contributed by atoms with E-state index in [1.807, 2.05) is 6.92 Å². The van der Waals surface area contributed by atoms with Gasteiger partial charge in [-0.2, -0.15) is 0 Å². The number of anilines is 1. The molecular formula is C15H12ClN5O. The molecule has 0 spiro atoms.